The number of aryl methyl sites for hydroxylation is 2. The first-order valence-corrected chi connectivity index (χ1v) is 10.0. The lowest BCUT2D eigenvalue weighted by Gasteiger charge is -2.17. The molecule has 1 aromatic rings. The van der Waals surface area contributed by atoms with Gasteiger partial charge in [-0.15, -0.1) is 11.3 Å². The van der Waals surface area contributed by atoms with Crippen LogP contribution in [0.15, 0.2) is 5.38 Å². The van der Waals surface area contributed by atoms with E-state index in [4.69, 9.17) is 0 Å². The van der Waals surface area contributed by atoms with Crippen LogP contribution >= 0.6 is 11.3 Å². The highest BCUT2D eigenvalue weighted by Crippen LogP contribution is 2.33. The van der Waals surface area contributed by atoms with Crippen molar-refractivity contribution in [2.45, 2.75) is 26.2 Å². The normalized spacial score (nSPS) is 27.0. The van der Waals surface area contributed by atoms with Crippen LogP contribution in [0.3, 0.4) is 0 Å². The molecule has 2 aliphatic rings. The van der Waals surface area contributed by atoms with Gasteiger partial charge in [0.2, 0.25) is 5.91 Å². The number of carbonyl (C=O) groups is 1. The molecule has 2 saturated heterocycles. The van der Waals surface area contributed by atoms with E-state index in [0.717, 1.165) is 23.5 Å². The van der Waals surface area contributed by atoms with Crippen LogP contribution < -0.4 is 0 Å². The fourth-order valence-electron chi connectivity index (χ4n) is 3.31. The van der Waals surface area contributed by atoms with Gasteiger partial charge >= 0.3 is 0 Å². The fraction of sp³-hybridized carbons (Fsp3) is 0.714. The number of nitrogens with zero attached hydrogens (tertiary/aromatic N) is 2. The van der Waals surface area contributed by atoms with E-state index in [1.54, 1.807) is 11.3 Å². The minimum absolute atomic E-state index is 0.162. The molecule has 2 fully saturated rings. The molecule has 0 saturated carbocycles. The third-order valence-electron chi connectivity index (χ3n) is 4.31. The standard InChI is InChI=1S/C14H20N2O3S2/c1-10-7-20-13(15-10)3-2-4-14(17)16-5-11-8-21(18,19)9-12(11)6-16/h7,11-12H,2-6,8-9H2,1H3/t11-,12+. The summed E-state index contributed by atoms with van der Waals surface area (Å²) < 4.78 is 23.1. The van der Waals surface area contributed by atoms with Crippen LogP contribution in [0.2, 0.25) is 0 Å². The summed E-state index contributed by atoms with van der Waals surface area (Å²) in [7, 11) is -2.85. The number of sulfone groups is 1. The Morgan fingerprint density at radius 3 is 2.62 bits per heavy atom. The third-order valence-corrected chi connectivity index (χ3v) is 7.21. The summed E-state index contributed by atoms with van der Waals surface area (Å²) in [5.74, 6) is 1.02. The molecule has 116 valence electrons. The zero-order valence-electron chi connectivity index (χ0n) is 12.1. The summed E-state index contributed by atoms with van der Waals surface area (Å²) in [6, 6.07) is 0. The fourth-order valence-corrected chi connectivity index (χ4v) is 6.32. The second kappa shape index (κ2) is 5.68. The van der Waals surface area contributed by atoms with E-state index in [9.17, 15) is 13.2 Å². The number of hydrogen-bond donors (Lipinski definition) is 0. The molecule has 2 atom stereocenters. The van der Waals surface area contributed by atoms with Gasteiger partial charge in [-0.3, -0.25) is 4.79 Å². The first-order valence-electron chi connectivity index (χ1n) is 7.32. The number of hydrogen-bond acceptors (Lipinski definition) is 5. The maximum Gasteiger partial charge on any atom is 0.222 e. The SMILES string of the molecule is Cc1csc(CCCC(=O)N2C[C@@H]3CS(=O)(=O)C[C@@H]3C2)n1. The summed E-state index contributed by atoms with van der Waals surface area (Å²) in [6.45, 7) is 3.22. The summed E-state index contributed by atoms with van der Waals surface area (Å²) >= 11 is 1.64. The van der Waals surface area contributed by atoms with Gasteiger partial charge < -0.3 is 4.90 Å². The molecule has 21 heavy (non-hydrogen) atoms. The molecule has 3 rings (SSSR count). The van der Waals surface area contributed by atoms with Gasteiger partial charge in [0, 0.05) is 30.6 Å². The Morgan fingerprint density at radius 1 is 1.38 bits per heavy atom. The molecule has 0 aliphatic carbocycles. The van der Waals surface area contributed by atoms with Crippen LogP contribution in [0.25, 0.3) is 0 Å². The molecule has 0 N–H and O–H groups in total. The van der Waals surface area contributed by atoms with Gasteiger partial charge in [-0.2, -0.15) is 0 Å². The van der Waals surface area contributed by atoms with E-state index < -0.39 is 9.84 Å². The summed E-state index contributed by atoms with van der Waals surface area (Å²) in [5.41, 5.74) is 1.04. The van der Waals surface area contributed by atoms with Gasteiger partial charge in [0.1, 0.15) is 0 Å². The average Bonchev–Trinajstić information content (AvgIpc) is 3.02. The summed E-state index contributed by atoms with van der Waals surface area (Å²) in [4.78, 5) is 18.4. The van der Waals surface area contributed by atoms with Crippen molar-refractivity contribution in [3.05, 3.63) is 16.1 Å². The Morgan fingerprint density at radius 2 is 2.05 bits per heavy atom. The second-order valence-electron chi connectivity index (χ2n) is 6.13. The third kappa shape index (κ3) is 3.45. The monoisotopic (exact) mass is 328 g/mol. The van der Waals surface area contributed by atoms with Crippen molar-refractivity contribution in [2.75, 3.05) is 24.6 Å². The van der Waals surface area contributed by atoms with Gasteiger partial charge in [0.25, 0.3) is 0 Å². The number of carbonyl (C=O) groups excluding carboxylic acids is 1. The van der Waals surface area contributed by atoms with E-state index in [0.29, 0.717) is 19.5 Å². The lowest BCUT2D eigenvalue weighted by atomic mass is 10.0. The summed E-state index contributed by atoms with van der Waals surface area (Å²) in [6.07, 6.45) is 2.19. The number of rotatable bonds is 4. The van der Waals surface area contributed by atoms with E-state index in [2.05, 4.69) is 4.98 Å². The first-order chi connectivity index (χ1) is 9.93. The Labute approximate surface area is 129 Å². The topological polar surface area (TPSA) is 67.3 Å². The Hall–Kier alpha value is -0.950. The average molecular weight is 328 g/mol. The molecular formula is C14H20N2O3S2. The van der Waals surface area contributed by atoms with Crippen molar-refractivity contribution in [3.63, 3.8) is 0 Å². The quantitative estimate of drug-likeness (QED) is 0.835. The molecular weight excluding hydrogens is 308 g/mol. The minimum Gasteiger partial charge on any atom is -0.342 e. The van der Waals surface area contributed by atoms with Crippen molar-refractivity contribution in [1.82, 2.24) is 9.88 Å². The van der Waals surface area contributed by atoms with Crippen molar-refractivity contribution >= 4 is 27.1 Å². The largest absolute Gasteiger partial charge is 0.342 e. The molecule has 0 spiro atoms. The summed E-state index contributed by atoms with van der Waals surface area (Å²) in [5, 5.41) is 3.11. The molecule has 2 aliphatic heterocycles. The van der Waals surface area contributed by atoms with Crippen LogP contribution in [0.5, 0.6) is 0 Å². The van der Waals surface area contributed by atoms with E-state index >= 15 is 0 Å². The molecule has 1 amide bonds. The maximum absolute atomic E-state index is 12.2. The van der Waals surface area contributed by atoms with Crippen LogP contribution in [0.4, 0.5) is 0 Å². The van der Waals surface area contributed by atoms with Crippen molar-refractivity contribution in [2.24, 2.45) is 11.8 Å². The zero-order chi connectivity index (χ0) is 15.0. The number of likely N-dealkylation sites (tertiary alicyclic amines) is 1. The molecule has 0 bridgehead atoms. The van der Waals surface area contributed by atoms with Crippen LogP contribution in [-0.2, 0) is 21.1 Å². The maximum atomic E-state index is 12.2. The zero-order valence-corrected chi connectivity index (χ0v) is 13.8. The van der Waals surface area contributed by atoms with Gasteiger partial charge in [0.15, 0.2) is 9.84 Å². The Balaban J connectivity index is 1.45. The molecule has 3 heterocycles. The van der Waals surface area contributed by atoms with Gasteiger partial charge in [0.05, 0.1) is 16.5 Å². The van der Waals surface area contributed by atoms with Crippen molar-refractivity contribution < 1.29 is 13.2 Å². The number of thiazole rings is 1. The predicted octanol–water partition coefficient (Wildman–Crippen LogP) is 1.28. The van der Waals surface area contributed by atoms with Gasteiger partial charge in [-0.25, -0.2) is 13.4 Å². The Bertz CT molecular complexity index is 618. The second-order valence-corrected chi connectivity index (χ2v) is 9.23. The highest BCUT2D eigenvalue weighted by atomic mass is 32.2. The molecule has 0 radical (unpaired) electrons. The highest BCUT2D eigenvalue weighted by molar-refractivity contribution is 7.91. The first kappa shape index (κ1) is 15.0. The van der Waals surface area contributed by atoms with Gasteiger partial charge in [-0.1, -0.05) is 0 Å². The molecule has 0 aromatic carbocycles. The van der Waals surface area contributed by atoms with Crippen LogP contribution in [-0.4, -0.2) is 48.8 Å². The predicted molar refractivity (Wildman–Crippen MR) is 82.0 cm³/mol. The van der Waals surface area contributed by atoms with Crippen LogP contribution in [0.1, 0.15) is 23.5 Å². The lowest BCUT2D eigenvalue weighted by Crippen LogP contribution is -2.30. The molecule has 0 unspecified atom stereocenters. The van der Waals surface area contributed by atoms with Crippen molar-refractivity contribution in [1.29, 1.82) is 0 Å². The van der Waals surface area contributed by atoms with Crippen molar-refractivity contribution in [3.8, 4) is 0 Å². The highest BCUT2D eigenvalue weighted by Gasteiger charge is 2.44. The van der Waals surface area contributed by atoms with E-state index in [1.165, 1.54) is 0 Å². The minimum atomic E-state index is -2.85. The molecule has 1 aromatic heterocycles. The number of fused-ring (bicyclic) bond motifs is 1. The number of aromatic nitrogens is 1. The lowest BCUT2D eigenvalue weighted by molar-refractivity contribution is -0.130. The van der Waals surface area contributed by atoms with E-state index in [-0.39, 0.29) is 29.2 Å². The molecule has 7 heteroatoms. The van der Waals surface area contributed by atoms with E-state index in [1.807, 2.05) is 17.2 Å². The molecule has 5 nitrogen and oxygen atoms in total. The van der Waals surface area contributed by atoms with Gasteiger partial charge in [-0.05, 0) is 31.6 Å². The Kier molecular flexibility index (Phi) is 4.05. The number of amides is 1. The van der Waals surface area contributed by atoms with Crippen LogP contribution in [0, 0.1) is 18.8 Å². The smallest absolute Gasteiger partial charge is 0.222 e.